The molecule has 178 valence electrons. The predicted octanol–water partition coefficient (Wildman–Crippen LogP) is 5.06. The summed E-state index contributed by atoms with van der Waals surface area (Å²) in [4.78, 5) is 9.83. The highest BCUT2D eigenvalue weighted by Crippen LogP contribution is 2.49. The van der Waals surface area contributed by atoms with E-state index in [2.05, 4.69) is 22.9 Å². The number of fused-ring (bicyclic) bond motifs is 3. The van der Waals surface area contributed by atoms with Gasteiger partial charge in [0.15, 0.2) is 0 Å². The lowest BCUT2D eigenvalue weighted by molar-refractivity contribution is -0.0510. The second-order valence-electron chi connectivity index (χ2n) is 9.75. The van der Waals surface area contributed by atoms with Crippen molar-refractivity contribution in [3.05, 3.63) is 22.7 Å². The molecule has 6 nitrogen and oxygen atoms in total. The molecule has 5 rings (SSSR count). The number of morpholine rings is 1. The van der Waals surface area contributed by atoms with Crippen LogP contribution < -0.4 is 4.74 Å². The van der Waals surface area contributed by atoms with Crippen molar-refractivity contribution in [2.45, 2.75) is 82.0 Å². The summed E-state index contributed by atoms with van der Waals surface area (Å²) in [5.41, 5.74) is 1.67. The topological polar surface area (TPSA) is 67.6 Å². The van der Waals surface area contributed by atoms with Crippen molar-refractivity contribution in [2.75, 3.05) is 33.4 Å². The molecule has 1 aliphatic heterocycles. The van der Waals surface area contributed by atoms with Crippen LogP contribution in [0.25, 0.3) is 10.2 Å². The summed E-state index contributed by atoms with van der Waals surface area (Å²) in [5.74, 6) is 1.32. The van der Waals surface area contributed by atoms with Crippen LogP contribution in [0.3, 0.4) is 0 Å². The molecule has 0 radical (unpaired) electrons. The van der Waals surface area contributed by atoms with Gasteiger partial charge in [0.1, 0.15) is 16.7 Å². The summed E-state index contributed by atoms with van der Waals surface area (Å²) < 4.78 is 17.7. The Morgan fingerprint density at radius 1 is 1.30 bits per heavy atom. The Bertz CT molecular complexity index is 1000. The van der Waals surface area contributed by atoms with Gasteiger partial charge >= 0.3 is 0 Å². The number of ether oxygens (including phenoxy) is 3. The second-order valence-corrected chi connectivity index (χ2v) is 10.8. The zero-order valence-electron chi connectivity index (χ0n) is 19.8. The largest absolute Gasteiger partial charge is 0.490 e. The van der Waals surface area contributed by atoms with E-state index in [9.17, 15) is 5.26 Å². The fourth-order valence-corrected chi connectivity index (χ4v) is 7.54. The Labute approximate surface area is 200 Å². The fourth-order valence-electron chi connectivity index (χ4n) is 6.28. The van der Waals surface area contributed by atoms with Gasteiger partial charge in [0, 0.05) is 36.8 Å². The third kappa shape index (κ3) is 4.39. The van der Waals surface area contributed by atoms with E-state index in [4.69, 9.17) is 14.2 Å². The highest BCUT2D eigenvalue weighted by atomic mass is 32.1. The molecule has 0 spiro atoms. The first-order valence-electron chi connectivity index (χ1n) is 12.5. The smallest absolute Gasteiger partial charge is 0.144 e. The molecule has 2 aromatic heterocycles. The number of aromatic nitrogens is 1. The molecule has 3 heterocycles. The minimum Gasteiger partial charge on any atom is -0.490 e. The summed E-state index contributed by atoms with van der Waals surface area (Å²) in [7, 11) is 1.63. The zero-order valence-corrected chi connectivity index (χ0v) is 20.7. The molecule has 2 aliphatic carbocycles. The summed E-state index contributed by atoms with van der Waals surface area (Å²) >= 11 is 1.80. The van der Waals surface area contributed by atoms with Crippen LogP contribution >= 0.6 is 11.3 Å². The van der Waals surface area contributed by atoms with Crippen LogP contribution in [0.4, 0.5) is 0 Å². The Morgan fingerprint density at radius 3 is 2.79 bits per heavy atom. The fraction of sp³-hybridized carbons (Fsp3) is 0.692. The van der Waals surface area contributed by atoms with Gasteiger partial charge in [0.2, 0.25) is 0 Å². The van der Waals surface area contributed by atoms with Gasteiger partial charge in [-0.15, -0.1) is 11.3 Å². The van der Waals surface area contributed by atoms with Crippen molar-refractivity contribution in [2.24, 2.45) is 0 Å². The standard InChI is InChI=1S/C26H35N3O3S/c1-3-26(29-12-14-31-15-13-29)9-6-19(7-10-26)32-21-8-11-28-25-24(21)23-18(4-5-22(23)33-25)16-20(17-27)30-2/h8,11,18-20H,3-7,9-10,12-16H2,1-2H3/t18-,19-,20+,26-/m1/s1. The minimum absolute atomic E-state index is 0.248. The number of thiophene rings is 1. The summed E-state index contributed by atoms with van der Waals surface area (Å²) in [5, 5.41) is 10.6. The average molecular weight is 470 g/mol. The quantitative estimate of drug-likeness (QED) is 0.565. The summed E-state index contributed by atoms with van der Waals surface area (Å²) in [6.45, 7) is 6.16. The molecule has 2 fully saturated rings. The Hall–Kier alpha value is -1.72. The third-order valence-electron chi connectivity index (χ3n) is 8.22. The van der Waals surface area contributed by atoms with Crippen LogP contribution in [0.15, 0.2) is 12.3 Å². The minimum atomic E-state index is -0.363. The first-order valence-corrected chi connectivity index (χ1v) is 13.3. The van der Waals surface area contributed by atoms with Crippen molar-refractivity contribution < 1.29 is 14.2 Å². The van der Waals surface area contributed by atoms with E-state index in [0.29, 0.717) is 11.5 Å². The van der Waals surface area contributed by atoms with Gasteiger partial charge in [-0.3, -0.25) is 4.90 Å². The number of aryl methyl sites for hydroxylation is 1. The van der Waals surface area contributed by atoms with Crippen LogP contribution in [-0.4, -0.2) is 61.0 Å². The molecule has 33 heavy (non-hydrogen) atoms. The number of rotatable bonds is 7. The number of nitrogens with zero attached hydrogens (tertiary/aromatic N) is 3. The van der Waals surface area contributed by atoms with Crippen molar-refractivity contribution in [3.8, 4) is 11.8 Å². The molecule has 1 saturated carbocycles. The molecular formula is C26H35N3O3S. The molecule has 0 bridgehead atoms. The monoisotopic (exact) mass is 469 g/mol. The van der Waals surface area contributed by atoms with E-state index >= 15 is 0 Å². The highest BCUT2D eigenvalue weighted by molar-refractivity contribution is 7.19. The first-order chi connectivity index (χ1) is 16.2. The lowest BCUT2D eigenvalue weighted by Gasteiger charge is -2.49. The molecule has 2 aromatic rings. The summed E-state index contributed by atoms with van der Waals surface area (Å²) in [6, 6.07) is 4.34. The predicted molar refractivity (Wildman–Crippen MR) is 130 cm³/mol. The van der Waals surface area contributed by atoms with E-state index in [1.165, 1.54) is 35.1 Å². The molecule has 0 amide bonds. The molecule has 3 aliphatic rings. The number of hydrogen-bond acceptors (Lipinski definition) is 7. The van der Waals surface area contributed by atoms with Crippen LogP contribution in [0.1, 0.15) is 68.2 Å². The van der Waals surface area contributed by atoms with Crippen molar-refractivity contribution in [3.63, 3.8) is 0 Å². The van der Waals surface area contributed by atoms with Crippen molar-refractivity contribution in [1.29, 1.82) is 5.26 Å². The molecule has 1 saturated heterocycles. The maximum atomic E-state index is 9.41. The second kappa shape index (κ2) is 9.87. The Kier molecular flexibility index (Phi) is 6.89. The van der Waals surface area contributed by atoms with Gasteiger partial charge in [0.05, 0.1) is 30.8 Å². The number of nitriles is 1. The van der Waals surface area contributed by atoms with Crippen LogP contribution in [0.5, 0.6) is 5.75 Å². The van der Waals surface area contributed by atoms with Crippen LogP contribution in [-0.2, 0) is 15.9 Å². The maximum absolute atomic E-state index is 9.41. The van der Waals surface area contributed by atoms with Gasteiger partial charge < -0.3 is 14.2 Å². The van der Waals surface area contributed by atoms with E-state index in [1.807, 2.05) is 12.3 Å². The Morgan fingerprint density at radius 2 is 2.09 bits per heavy atom. The Balaban J connectivity index is 1.34. The van der Waals surface area contributed by atoms with E-state index in [1.54, 1.807) is 18.4 Å². The van der Waals surface area contributed by atoms with Crippen LogP contribution in [0, 0.1) is 11.3 Å². The van der Waals surface area contributed by atoms with Gasteiger partial charge in [-0.05, 0) is 68.9 Å². The van der Waals surface area contributed by atoms with Gasteiger partial charge in [-0.1, -0.05) is 6.92 Å². The molecule has 7 heteroatoms. The maximum Gasteiger partial charge on any atom is 0.144 e. The molecule has 2 atom stereocenters. The molecular weight excluding hydrogens is 434 g/mol. The van der Waals surface area contributed by atoms with E-state index in [-0.39, 0.29) is 12.2 Å². The third-order valence-corrected chi connectivity index (χ3v) is 9.39. The van der Waals surface area contributed by atoms with Crippen LogP contribution in [0.2, 0.25) is 0 Å². The highest BCUT2D eigenvalue weighted by Gasteiger charge is 2.40. The van der Waals surface area contributed by atoms with Crippen molar-refractivity contribution >= 4 is 21.6 Å². The number of pyridine rings is 1. The van der Waals surface area contributed by atoms with E-state index in [0.717, 1.165) is 69.0 Å². The van der Waals surface area contributed by atoms with Gasteiger partial charge in [-0.2, -0.15) is 5.26 Å². The molecule has 0 unspecified atom stereocenters. The van der Waals surface area contributed by atoms with E-state index < -0.39 is 0 Å². The lowest BCUT2D eigenvalue weighted by Crippen LogP contribution is -2.55. The molecule has 0 aromatic carbocycles. The average Bonchev–Trinajstić information content (AvgIpc) is 3.43. The van der Waals surface area contributed by atoms with Crippen molar-refractivity contribution in [1.82, 2.24) is 9.88 Å². The zero-order chi connectivity index (χ0) is 22.8. The number of hydrogen-bond donors (Lipinski definition) is 0. The first kappa shape index (κ1) is 23.0. The van der Waals surface area contributed by atoms with Gasteiger partial charge in [-0.25, -0.2) is 4.98 Å². The molecule has 0 N–H and O–H groups in total. The number of methoxy groups -OCH3 is 1. The SMILES string of the molecule is CC[C@]1(N2CCOCC2)CC[C@H](Oc2ccnc3sc4c(c23)[C@@H](C[C@@H](C#N)OC)CC4)CC1. The summed E-state index contributed by atoms with van der Waals surface area (Å²) in [6.07, 6.45) is 10.4. The lowest BCUT2D eigenvalue weighted by atomic mass is 9.77. The normalized spacial score (nSPS) is 29.0. The van der Waals surface area contributed by atoms with Gasteiger partial charge in [0.25, 0.3) is 0 Å².